The summed E-state index contributed by atoms with van der Waals surface area (Å²) in [5, 5.41) is 0.144. The number of ether oxygens (including phenoxy) is 3. The number of hydrogen-bond donors (Lipinski definition) is 1. The lowest BCUT2D eigenvalue weighted by molar-refractivity contribution is 0.0209. The van der Waals surface area contributed by atoms with Gasteiger partial charge in [-0.25, -0.2) is 8.42 Å². The summed E-state index contributed by atoms with van der Waals surface area (Å²) < 4.78 is 44.0. The summed E-state index contributed by atoms with van der Waals surface area (Å²) in [6, 6.07) is 2.96. The number of hydrogen-bond acceptors (Lipinski definition) is 6. The average Bonchev–Trinajstić information content (AvgIpc) is 2.61. The molecule has 25 heavy (non-hydrogen) atoms. The highest BCUT2D eigenvalue weighted by molar-refractivity contribution is 7.89. The van der Waals surface area contributed by atoms with Crippen molar-refractivity contribution in [2.24, 2.45) is 5.73 Å². The van der Waals surface area contributed by atoms with Crippen LogP contribution in [0.5, 0.6) is 11.5 Å². The summed E-state index contributed by atoms with van der Waals surface area (Å²) in [7, 11) is -3.68. The number of benzene rings is 1. The Kier molecular flexibility index (Phi) is 6.06. The lowest BCUT2D eigenvalue weighted by atomic mass is 10.1. The lowest BCUT2D eigenvalue weighted by Gasteiger charge is -2.31. The largest absolute Gasteiger partial charge is 0.486 e. The molecule has 0 amide bonds. The Morgan fingerprint density at radius 2 is 1.84 bits per heavy atom. The molecule has 0 spiro atoms. The smallest absolute Gasteiger partial charge is 0.244 e. The maximum atomic E-state index is 12.9. The van der Waals surface area contributed by atoms with Gasteiger partial charge in [-0.05, 0) is 25.8 Å². The second kappa shape index (κ2) is 8.09. The minimum atomic E-state index is -3.68. The average molecular weight is 391 g/mol. The highest BCUT2D eigenvalue weighted by atomic mass is 35.5. The Bertz CT molecular complexity index is 705. The summed E-state index contributed by atoms with van der Waals surface area (Å²) in [5.74, 6) is 0.886. The summed E-state index contributed by atoms with van der Waals surface area (Å²) in [6.07, 6.45) is 2.21. The molecule has 0 radical (unpaired) electrons. The Morgan fingerprint density at radius 3 is 2.48 bits per heavy atom. The van der Waals surface area contributed by atoms with Crippen LogP contribution in [0, 0.1) is 0 Å². The van der Waals surface area contributed by atoms with Crippen LogP contribution < -0.4 is 15.2 Å². The van der Waals surface area contributed by atoms with Crippen molar-refractivity contribution in [1.82, 2.24) is 4.31 Å². The molecule has 0 aliphatic carbocycles. The van der Waals surface area contributed by atoms with E-state index in [0.29, 0.717) is 63.8 Å². The van der Waals surface area contributed by atoms with Crippen molar-refractivity contribution < 1.29 is 22.6 Å². The van der Waals surface area contributed by atoms with Gasteiger partial charge in [-0.3, -0.25) is 0 Å². The summed E-state index contributed by atoms with van der Waals surface area (Å²) in [5.41, 5.74) is 5.45. The summed E-state index contributed by atoms with van der Waals surface area (Å²) in [4.78, 5) is 0.0564. The van der Waals surface area contributed by atoms with Gasteiger partial charge in [0.1, 0.15) is 18.1 Å². The lowest BCUT2D eigenvalue weighted by Crippen LogP contribution is -2.41. The zero-order chi connectivity index (χ0) is 17.9. The zero-order valence-corrected chi connectivity index (χ0v) is 15.5. The van der Waals surface area contributed by atoms with Crippen molar-refractivity contribution in [3.05, 3.63) is 17.2 Å². The number of halogens is 1. The van der Waals surface area contributed by atoms with Crippen LogP contribution in [0.15, 0.2) is 17.0 Å². The summed E-state index contributed by atoms with van der Waals surface area (Å²) in [6.45, 7) is 2.82. The molecule has 1 aromatic carbocycles. The van der Waals surface area contributed by atoms with Crippen molar-refractivity contribution >= 4 is 21.6 Å². The van der Waals surface area contributed by atoms with E-state index in [9.17, 15) is 8.42 Å². The SMILES string of the molecule is NCCCOC1CCN(S(=O)(=O)c2cc3c(cc2Cl)OCCO3)CC1. The first-order chi connectivity index (χ1) is 12.0. The topological polar surface area (TPSA) is 91.1 Å². The number of fused-ring (bicyclic) bond motifs is 1. The van der Waals surface area contributed by atoms with Gasteiger partial charge in [-0.2, -0.15) is 4.31 Å². The molecule has 0 saturated carbocycles. The van der Waals surface area contributed by atoms with Gasteiger partial charge in [0.2, 0.25) is 10.0 Å². The van der Waals surface area contributed by atoms with Crippen LogP contribution in [0.1, 0.15) is 19.3 Å². The van der Waals surface area contributed by atoms with Crippen LogP contribution in [0.25, 0.3) is 0 Å². The number of nitrogens with two attached hydrogens (primary N) is 1. The van der Waals surface area contributed by atoms with E-state index >= 15 is 0 Å². The fourth-order valence-corrected chi connectivity index (χ4v) is 4.93. The fraction of sp³-hybridized carbons (Fsp3) is 0.625. The quantitative estimate of drug-likeness (QED) is 0.742. The number of sulfonamides is 1. The van der Waals surface area contributed by atoms with E-state index in [2.05, 4.69) is 0 Å². The van der Waals surface area contributed by atoms with Crippen molar-refractivity contribution in [1.29, 1.82) is 0 Å². The first kappa shape index (κ1) is 18.7. The summed E-state index contributed by atoms with van der Waals surface area (Å²) >= 11 is 6.20. The molecular formula is C16H23ClN2O5S. The molecule has 0 atom stereocenters. The minimum Gasteiger partial charge on any atom is -0.486 e. The Morgan fingerprint density at radius 1 is 1.20 bits per heavy atom. The molecule has 2 aliphatic heterocycles. The first-order valence-electron chi connectivity index (χ1n) is 8.43. The minimum absolute atomic E-state index is 0.0564. The van der Waals surface area contributed by atoms with E-state index in [-0.39, 0.29) is 16.0 Å². The second-order valence-electron chi connectivity index (χ2n) is 6.04. The molecule has 1 saturated heterocycles. The molecule has 1 aromatic rings. The van der Waals surface area contributed by atoms with Crippen molar-refractivity contribution in [2.75, 3.05) is 39.5 Å². The molecule has 2 N–H and O–H groups in total. The van der Waals surface area contributed by atoms with Gasteiger partial charge >= 0.3 is 0 Å². The highest BCUT2D eigenvalue weighted by Gasteiger charge is 2.32. The molecule has 2 aliphatic rings. The van der Waals surface area contributed by atoms with Gasteiger partial charge < -0.3 is 19.9 Å². The van der Waals surface area contributed by atoms with Gasteiger partial charge in [0, 0.05) is 31.8 Å². The Balaban J connectivity index is 1.70. The Hall–Kier alpha value is -1.06. The van der Waals surface area contributed by atoms with E-state index in [1.165, 1.54) is 16.4 Å². The van der Waals surface area contributed by atoms with Crippen LogP contribution in [0.2, 0.25) is 5.02 Å². The van der Waals surface area contributed by atoms with Crippen LogP contribution in [0.4, 0.5) is 0 Å². The molecule has 0 aromatic heterocycles. The second-order valence-corrected chi connectivity index (χ2v) is 8.36. The fourth-order valence-electron chi connectivity index (χ4n) is 2.95. The molecule has 1 fully saturated rings. The monoisotopic (exact) mass is 390 g/mol. The van der Waals surface area contributed by atoms with Gasteiger partial charge in [0.05, 0.1) is 11.1 Å². The highest BCUT2D eigenvalue weighted by Crippen LogP contribution is 2.38. The molecule has 7 nitrogen and oxygen atoms in total. The van der Waals surface area contributed by atoms with E-state index in [1.54, 1.807) is 0 Å². The van der Waals surface area contributed by atoms with Gasteiger partial charge in [0.25, 0.3) is 0 Å². The predicted octanol–water partition coefficient (Wildman–Crippen LogP) is 1.63. The van der Waals surface area contributed by atoms with Crippen molar-refractivity contribution in [2.45, 2.75) is 30.3 Å². The molecule has 0 bridgehead atoms. The standard InChI is InChI=1S/C16H23ClN2O5S/c17-13-10-14-15(24-9-8-23-14)11-16(13)25(20,21)19-5-2-12(3-6-19)22-7-1-4-18/h10-12H,1-9,18H2. The van der Waals surface area contributed by atoms with Crippen LogP contribution >= 0.6 is 11.6 Å². The molecule has 140 valence electrons. The van der Waals surface area contributed by atoms with Crippen molar-refractivity contribution in [3.63, 3.8) is 0 Å². The zero-order valence-electron chi connectivity index (χ0n) is 13.9. The molecule has 2 heterocycles. The molecule has 0 unspecified atom stereocenters. The van der Waals surface area contributed by atoms with E-state index in [4.69, 9.17) is 31.5 Å². The van der Waals surface area contributed by atoms with Gasteiger partial charge in [0.15, 0.2) is 11.5 Å². The Labute approximate surface area is 153 Å². The predicted molar refractivity (Wildman–Crippen MR) is 93.8 cm³/mol. The maximum absolute atomic E-state index is 12.9. The van der Waals surface area contributed by atoms with E-state index < -0.39 is 10.0 Å². The number of piperidine rings is 1. The van der Waals surface area contributed by atoms with E-state index in [0.717, 1.165) is 6.42 Å². The van der Waals surface area contributed by atoms with Crippen LogP contribution in [-0.4, -0.2) is 58.3 Å². The third kappa shape index (κ3) is 4.20. The number of nitrogens with zero attached hydrogens (tertiary/aromatic N) is 1. The van der Waals surface area contributed by atoms with Crippen LogP contribution in [-0.2, 0) is 14.8 Å². The number of rotatable bonds is 6. The third-order valence-electron chi connectivity index (χ3n) is 4.32. The molecular weight excluding hydrogens is 368 g/mol. The molecule has 9 heteroatoms. The normalized spacial score (nSPS) is 19.1. The van der Waals surface area contributed by atoms with Crippen molar-refractivity contribution in [3.8, 4) is 11.5 Å². The third-order valence-corrected chi connectivity index (χ3v) is 6.68. The van der Waals surface area contributed by atoms with E-state index in [1.807, 2.05) is 0 Å². The van der Waals surface area contributed by atoms with Gasteiger partial charge in [-0.1, -0.05) is 11.6 Å². The first-order valence-corrected chi connectivity index (χ1v) is 10.2. The molecule has 3 rings (SSSR count). The van der Waals surface area contributed by atoms with Gasteiger partial charge in [-0.15, -0.1) is 0 Å². The maximum Gasteiger partial charge on any atom is 0.244 e. The van der Waals surface area contributed by atoms with Crippen LogP contribution in [0.3, 0.4) is 0 Å².